The molecule has 0 saturated heterocycles. The van der Waals surface area contributed by atoms with Crippen molar-refractivity contribution in [3.8, 4) is 0 Å². The minimum absolute atomic E-state index is 0.298. The van der Waals surface area contributed by atoms with Crippen LogP contribution in [0.4, 0.5) is 0 Å². The van der Waals surface area contributed by atoms with Gasteiger partial charge in [0.1, 0.15) is 6.33 Å². The summed E-state index contributed by atoms with van der Waals surface area (Å²) in [5.74, 6) is 0.984. The second-order valence-electron chi connectivity index (χ2n) is 4.30. The smallest absolute Gasteiger partial charge is 0.115 e. The van der Waals surface area contributed by atoms with Gasteiger partial charge in [0.25, 0.3) is 0 Å². The first kappa shape index (κ1) is 14.0. The van der Waals surface area contributed by atoms with Crippen LogP contribution in [0.2, 0.25) is 0 Å². The topological polar surface area (TPSA) is 37.8 Å². The van der Waals surface area contributed by atoms with E-state index >= 15 is 0 Å². The Morgan fingerprint density at radius 3 is 2.58 bits per heavy atom. The van der Waals surface area contributed by atoms with Crippen molar-refractivity contribution in [3.05, 3.63) is 54.6 Å². The number of rotatable bonds is 7. The highest BCUT2D eigenvalue weighted by Gasteiger charge is 2.11. The lowest BCUT2D eigenvalue weighted by Crippen LogP contribution is -2.24. The normalized spacial score (nSPS) is 12.3. The fourth-order valence-corrected chi connectivity index (χ4v) is 2.80. The number of aromatic nitrogens is 2. The molecule has 0 amide bonds. The van der Waals surface area contributed by atoms with E-state index in [1.807, 2.05) is 30.2 Å². The van der Waals surface area contributed by atoms with Gasteiger partial charge in [0.15, 0.2) is 0 Å². The van der Waals surface area contributed by atoms with Crippen LogP contribution in [0.5, 0.6) is 0 Å². The van der Waals surface area contributed by atoms with Crippen LogP contribution >= 0.6 is 11.8 Å². The summed E-state index contributed by atoms with van der Waals surface area (Å²) in [6, 6.07) is 10.8. The van der Waals surface area contributed by atoms with Crippen LogP contribution in [0, 0.1) is 0 Å². The van der Waals surface area contributed by atoms with Gasteiger partial charge < -0.3 is 5.32 Å². The number of nitrogens with zero attached hydrogens (tertiary/aromatic N) is 2. The number of thioether (sulfide) groups is 1. The first-order valence-corrected chi connectivity index (χ1v) is 7.55. The fourth-order valence-electron chi connectivity index (χ4n) is 1.78. The molecule has 0 radical (unpaired) electrons. The van der Waals surface area contributed by atoms with Crippen molar-refractivity contribution in [2.24, 2.45) is 0 Å². The van der Waals surface area contributed by atoms with Crippen LogP contribution in [0.1, 0.15) is 24.9 Å². The Morgan fingerprint density at radius 2 is 1.89 bits per heavy atom. The maximum atomic E-state index is 4.11. The molecule has 3 nitrogen and oxygen atoms in total. The lowest BCUT2D eigenvalue weighted by Gasteiger charge is -2.17. The Hall–Kier alpha value is -1.39. The predicted molar refractivity (Wildman–Crippen MR) is 80.2 cm³/mol. The second-order valence-corrected chi connectivity index (χ2v) is 5.40. The summed E-state index contributed by atoms with van der Waals surface area (Å²) in [5, 5.41) is 3.56. The SMILES string of the molecule is CCCNC(CSc1ccccc1)c1cncnc1. The Bertz CT molecular complexity index is 461. The molecule has 2 aromatic rings. The second kappa shape index (κ2) is 7.92. The molecule has 0 fully saturated rings. The van der Waals surface area contributed by atoms with E-state index in [0.717, 1.165) is 24.3 Å². The monoisotopic (exact) mass is 273 g/mol. The standard InChI is InChI=1S/C15H19N3S/c1-2-8-18-15(13-9-16-12-17-10-13)11-19-14-6-4-3-5-7-14/h3-7,9-10,12,15,18H,2,8,11H2,1H3. The molecule has 1 aromatic heterocycles. The first-order chi connectivity index (χ1) is 9.40. The van der Waals surface area contributed by atoms with Gasteiger partial charge >= 0.3 is 0 Å². The highest BCUT2D eigenvalue weighted by atomic mass is 32.2. The number of benzene rings is 1. The lowest BCUT2D eigenvalue weighted by molar-refractivity contribution is 0.574. The van der Waals surface area contributed by atoms with Gasteiger partial charge in [-0.3, -0.25) is 0 Å². The third-order valence-corrected chi connectivity index (χ3v) is 3.89. The van der Waals surface area contributed by atoms with E-state index in [-0.39, 0.29) is 0 Å². The van der Waals surface area contributed by atoms with Gasteiger partial charge in [0.2, 0.25) is 0 Å². The zero-order chi connectivity index (χ0) is 13.3. The van der Waals surface area contributed by atoms with E-state index in [1.165, 1.54) is 4.90 Å². The van der Waals surface area contributed by atoms with Gasteiger partial charge in [0.05, 0.1) is 0 Å². The van der Waals surface area contributed by atoms with Crippen molar-refractivity contribution < 1.29 is 0 Å². The molecule has 4 heteroatoms. The van der Waals surface area contributed by atoms with E-state index in [0.29, 0.717) is 6.04 Å². The van der Waals surface area contributed by atoms with E-state index in [1.54, 1.807) is 6.33 Å². The third kappa shape index (κ3) is 4.65. The Balaban J connectivity index is 1.98. The van der Waals surface area contributed by atoms with Gasteiger partial charge in [-0.15, -0.1) is 11.8 Å². The van der Waals surface area contributed by atoms with Crippen molar-refractivity contribution in [1.82, 2.24) is 15.3 Å². The zero-order valence-electron chi connectivity index (χ0n) is 11.1. The molecule has 0 spiro atoms. The fraction of sp³-hybridized carbons (Fsp3) is 0.333. The molecule has 0 aliphatic rings. The van der Waals surface area contributed by atoms with E-state index in [2.05, 4.69) is 46.5 Å². The molecule has 1 heterocycles. The minimum Gasteiger partial charge on any atom is -0.309 e. The van der Waals surface area contributed by atoms with E-state index in [4.69, 9.17) is 0 Å². The molecule has 0 aliphatic carbocycles. The number of hydrogen-bond acceptors (Lipinski definition) is 4. The Kier molecular flexibility index (Phi) is 5.85. The van der Waals surface area contributed by atoms with Crippen molar-refractivity contribution >= 4 is 11.8 Å². The first-order valence-electron chi connectivity index (χ1n) is 6.56. The highest BCUT2D eigenvalue weighted by Crippen LogP contribution is 2.23. The molecule has 1 unspecified atom stereocenters. The van der Waals surface area contributed by atoms with Crippen LogP contribution in [-0.2, 0) is 0 Å². The Morgan fingerprint density at radius 1 is 1.16 bits per heavy atom. The molecule has 0 aliphatic heterocycles. The maximum absolute atomic E-state index is 4.11. The maximum Gasteiger partial charge on any atom is 0.115 e. The number of hydrogen-bond donors (Lipinski definition) is 1. The van der Waals surface area contributed by atoms with Crippen molar-refractivity contribution in [2.75, 3.05) is 12.3 Å². The molecule has 0 bridgehead atoms. The average molecular weight is 273 g/mol. The molecule has 100 valence electrons. The summed E-state index contributed by atoms with van der Waals surface area (Å²) in [5.41, 5.74) is 1.15. The zero-order valence-corrected chi connectivity index (χ0v) is 11.9. The van der Waals surface area contributed by atoms with Gasteiger partial charge in [0, 0.05) is 34.6 Å². The van der Waals surface area contributed by atoms with Gasteiger partial charge in [-0.2, -0.15) is 0 Å². The van der Waals surface area contributed by atoms with Crippen LogP contribution in [0.15, 0.2) is 53.9 Å². The van der Waals surface area contributed by atoms with Crippen LogP contribution in [0.3, 0.4) is 0 Å². The summed E-state index contributed by atoms with van der Waals surface area (Å²) in [7, 11) is 0. The van der Waals surface area contributed by atoms with Crippen LogP contribution in [0.25, 0.3) is 0 Å². The predicted octanol–water partition coefficient (Wildman–Crippen LogP) is 3.31. The summed E-state index contributed by atoms with van der Waals surface area (Å²) in [6.07, 6.45) is 6.49. The molecule has 1 aromatic carbocycles. The molecule has 1 N–H and O–H groups in total. The summed E-state index contributed by atoms with van der Waals surface area (Å²) < 4.78 is 0. The van der Waals surface area contributed by atoms with E-state index < -0.39 is 0 Å². The number of nitrogens with one attached hydrogen (secondary N) is 1. The van der Waals surface area contributed by atoms with Gasteiger partial charge in [-0.05, 0) is 25.1 Å². The van der Waals surface area contributed by atoms with Crippen molar-refractivity contribution in [2.45, 2.75) is 24.3 Å². The molecule has 0 saturated carbocycles. The third-order valence-electron chi connectivity index (χ3n) is 2.78. The average Bonchev–Trinajstić information content (AvgIpc) is 2.49. The van der Waals surface area contributed by atoms with Crippen LogP contribution < -0.4 is 5.32 Å². The lowest BCUT2D eigenvalue weighted by atomic mass is 10.2. The molecular formula is C15H19N3S. The minimum atomic E-state index is 0.298. The van der Waals surface area contributed by atoms with E-state index in [9.17, 15) is 0 Å². The quantitative estimate of drug-likeness (QED) is 0.785. The highest BCUT2D eigenvalue weighted by molar-refractivity contribution is 7.99. The van der Waals surface area contributed by atoms with Crippen LogP contribution in [-0.4, -0.2) is 22.3 Å². The van der Waals surface area contributed by atoms with Gasteiger partial charge in [-0.1, -0.05) is 25.1 Å². The Labute approximate surface area is 118 Å². The summed E-state index contributed by atoms with van der Waals surface area (Å²) in [6.45, 7) is 3.19. The van der Waals surface area contributed by atoms with Crippen molar-refractivity contribution in [3.63, 3.8) is 0 Å². The molecular weight excluding hydrogens is 254 g/mol. The molecule has 19 heavy (non-hydrogen) atoms. The molecule has 1 atom stereocenters. The van der Waals surface area contributed by atoms with Crippen molar-refractivity contribution in [1.29, 1.82) is 0 Å². The largest absolute Gasteiger partial charge is 0.309 e. The van der Waals surface area contributed by atoms with Gasteiger partial charge in [-0.25, -0.2) is 9.97 Å². The molecule has 2 rings (SSSR count). The summed E-state index contributed by atoms with van der Waals surface area (Å²) in [4.78, 5) is 9.51. The summed E-state index contributed by atoms with van der Waals surface area (Å²) >= 11 is 1.86.